The van der Waals surface area contributed by atoms with Crippen molar-refractivity contribution in [3.63, 3.8) is 0 Å². The summed E-state index contributed by atoms with van der Waals surface area (Å²) in [6.07, 6.45) is 0.832. The van der Waals surface area contributed by atoms with Crippen LogP contribution in [0.2, 0.25) is 0 Å². The van der Waals surface area contributed by atoms with E-state index in [0.717, 1.165) is 22.4 Å². The second-order valence-corrected chi connectivity index (χ2v) is 8.96. The fourth-order valence-corrected chi connectivity index (χ4v) is 4.97. The van der Waals surface area contributed by atoms with E-state index < -0.39 is 0 Å². The molecule has 0 saturated carbocycles. The Morgan fingerprint density at radius 1 is 1.19 bits per heavy atom. The van der Waals surface area contributed by atoms with Crippen LogP contribution in [0.25, 0.3) is 10.1 Å². The highest BCUT2D eigenvalue weighted by molar-refractivity contribution is 7.21. The molecule has 0 bridgehead atoms. The lowest BCUT2D eigenvalue weighted by atomic mass is 9.95. The molecule has 1 aliphatic rings. The molecular weight excluding hydrogens is 417 g/mol. The molecule has 4 rings (SSSR count). The van der Waals surface area contributed by atoms with Crippen LogP contribution in [-0.2, 0) is 11.3 Å². The van der Waals surface area contributed by atoms with Crippen molar-refractivity contribution in [2.75, 3.05) is 20.3 Å². The van der Waals surface area contributed by atoms with Crippen LogP contribution in [0.5, 0.6) is 11.5 Å². The monoisotopic (exact) mass is 443 g/mol. The summed E-state index contributed by atoms with van der Waals surface area (Å²) in [7, 11) is 1.54. The molecule has 0 spiro atoms. The summed E-state index contributed by atoms with van der Waals surface area (Å²) in [4.78, 5) is 13.8. The second kappa shape index (κ2) is 9.24. The first-order chi connectivity index (χ1) is 15.0. The number of carbonyl (C=O) groups excluding carboxylic acids is 1. The number of nitrogens with one attached hydrogen (secondary N) is 1. The lowest BCUT2D eigenvalue weighted by Gasteiger charge is -2.24. The van der Waals surface area contributed by atoms with Gasteiger partial charge in [0.1, 0.15) is 5.82 Å². The zero-order chi connectivity index (χ0) is 22.0. The van der Waals surface area contributed by atoms with Crippen LogP contribution in [0.1, 0.15) is 47.1 Å². The molecule has 7 heteroatoms. The van der Waals surface area contributed by atoms with Gasteiger partial charge in [0.2, 0.25) is 0 Å². The SMILES string of the molecule is COCc1c(C(=O)NC(c2ccc3c(c2)OCCCO3)C(C)C)sc2cccc(F)c12. The van der Waals surface area contributed by atoms with E-state index in [1.165, 1.54) is 17.4 Å². The third-order valence-electron chi connectivity index (χ3n) is 5.34. The van der Waals surface area contributed by atoms with Crippen molar-refractivity contribution in [1.82, 2.24) is 5.32 Å². The third kappa shape index (κ3) is 4.38. The van der Waals surface area contributed by atoms with Crippen molar-refractivity contribution < 1.29 is 23.4 Å². The lowest BCUT2D eigenvalue weighted by Crippen LogP contribution is -2.31. The number of thiophene rings is 1. The molecule has 0 fully saturated rings. The molecule has 2 aromatic carbocycles. The van der Waals surface area contributed by atoms with E-state index in [-0.39, 0.29) is 30.3 Å². The number of rotatable bonds is 6. The zero-order valence-corrected chi connectivity index (χ0v) is 18.7. The highest BCUT2D eigenvalue weighted by Crippen LogP contribution is 2.36. The maximum absolute atomic E-state index is 14.5. The van der Waals surface area contributed by atoms with Gasteiger partial charge in [0.05, 0.1) is 30.7 Å². The molecule has 2 heterocycles. The smallest absolute Gasteiger partial charge is 0.262 e. The maximum Gasteiger partial charge on any atom is 0.262 e. The first-order valence-electron chi connectivity index (χ1n) is 10.4. The van der Waals surface area contributed by atoms with Crippen LogP contribution >= 0.6 is 11.3 Å². The number of hydrogen-bond acceptors (Lipinski definition) is 5. The zero-order valence-electron chi connectivity index (χ0n) is 17.9. The van der Waals surface area contributed by atoms with Gasteiger partial charge in [-0.1, -0.05) is 26.0 Å². The van der Waals surface area contributed by atoms with E-state index in [1.54, 1.807) is 13.2 Å². The Labute approximate surface area is 185 Å². The molecule has 0 aliphatic carbocycles. The standard InChI is InChI=1S/C24H26FNO4S/c1-14(2)22(15-8-9-18-19(12-15)30-11-5-10-29-18)26-24(27)23-16(13-28-3)21-17(25)6-4-7-20(21)31-23/h4,6-9,12,14,22H,5,10-11,13H2,1-3H3,(H,26,27). The van der Waals surface area contributed by atoms with Crippen molar-refractivity contribution in [2.45, 2.75) is 32.9 Å². The minimum absolute atomic E-state index is 0.130. The van der Waals surface area contributed by atoms with Crippen LogP contribution < -0.4 is 14.8 Å². The number of fused-ring (bicyclic) bond motifs is 2. The highest BCUT2D eigenvalue weighted by atomic mass is 32.1. The number of benzene rings is 2. The minimum atomic E-state index is -0.344. The van der Waals surface area contributed by atoms with E-state index in [0.29, 0.717) is 34.8 Å². The first-order valence-corrected chi connectivity index (χ1v) is 11.2. The topological polar surface area (TPSA) is 56.8 Å². The molecule has 1 aliphatic heterocycles. The molecule has 1 N–H and O–H groups in total. The van der Waals surface area contributed by atoms with Crippen molar-refractivity contribution in [3.05, 3.63) is 58.2 Å². The highest BCUT2D eigenvalue weighted by Gasteiger charge is 2.26. The summed E-state index contributed by atoms with van der Waals surface area (Å²) in [5.74, 6) is 0.962. The van der Waals surface area contributed by atoms with Gasteiger partial charge in [-0.05, 0) is 35.7 Å². The Hall–Kier alpha value is -2.64. The molecular formula is C24H26FNO4S. The van der Waals surface area contributed by atoms with Crippen molar-refractivity contribution >= 4 is 27.3 Å². The normalized spacial score (nSPS) is 14.5. The average Bonchev–Trinajstić information content (AvgIpc) is 2.96. The van der Waals surface area contributed by atoms with Gasteiger partial charge >= 0.3 is 0 Å². The Bertz CT molecular complexity index is 1090. The molecule has 1 unspecified atom stereocenters. The number of carbonyl (C=O) groups is 1. The summed E-state index contributed by atoms with van der Waals surface area (Å²) < 4.78 is 32.0. The predicted molar refractivity (Wildman–Crippen MR) is 120 cm³/mol. The Kier molecular flexibility index (Phi) is 6.43. The van der Waals surface area contributed by atoms with Crippen LogP contribution in [0, 0.1) is 11.7 Å². The van der Waals surface area contributed by atoms with Crippen molar-refractivity contribution in [3.8, 4) is 11.5 Å². The van der Waals surface area contributed by atoms with Crippen LogP contribution in [-0.4, -0.2) is 26.2 Å². The molecule has 1 atom stereocenters. The molecule has 31 heavy (non-hydrogen) atoms. The number of halogens is 1. The van der Waals surface area contributed by atoms with Gasteiger partial charge < -0.3 is 19.5 Å². The third-order valence-corrected chi connectivity index (χ3v) is 6.54. The number of ether oxygens (including phenoxy) is 3. The van der Waals surface area contributed by atoms with Gasteiger partial charge in [0, 0.05) is 29.2 Å². The molecule has 164 valence electrons. The van der Waals surface area contributed by atoms with Gasteiger partial charge in [-0.2, -0.15) is 0 Å². The van der Waals surface area contributed by atoms with Gasteiger partial charge in [-0.3, -0.25) is 4.79 Å². The largest absolute Gasteiger partial charge is 0.490 e. The Balaban J connectivity index is 1.67. The Morgan fingerprint density at radius 3 is 2.71 bits per heavy atom. The molecule has 0 radical (unpaired) electrons. The molecule has 1 aromatic heterocycles. The van der Waals surface area contributed by atoms with Crippen LogP contribution in [0.4, 0.5) is 4.39 Å². The van der Waals surface area contributed by atoms with Crippen LogP contribution in [0.3, 0.4) is 0 Å². The average molecular weight is 444 g/mol. The minimum Gasteiger partial charge on any atom is -0.490 e. The summed E-state index contributed by atoms with van der Waals surface area (Å²) in [5, 5.41) is 3.60. The van der Waals surface area contributed by atoms with E-state index in [4.69, 9.17) is 14.2 Å². The summed E-state index contributed by atoms with van der Waals surface area (Å²) in [6, 6.07) is 10.4. The van der Waals surface area contributed by atoms with Crippen molar-refractivity contribution in [1.29, 1.82) is 0 Å². The maximum atomic E-state index is 14.5. The predicted octanol–water partition coefficient (Wildman–Crippen LogP) is 5.48. The Morgan fingerprint density at radius 2 is 1.97 bits per heavy atom. The number of amides is 1. The first kappa shape index (κ1) is 21.6. The second-order valence-electron chi connectivity index (χ2n) is 7.91. The summed E-state index contributed by atoms with van der Waals surface area (Å²) in [6.45, 7) is 5.49. The van der Waals surface area contributed by atoms with Gasteiger partial charge in [-0.25, -0.2) is 4.39 Å². The molecule has 5 nitrogen and oxygen atoms in total. The van der Waals surface area contributed by atoms with Crippen molar-refractivity contribution in [2.24, 2.45) is 5.92 Å². The quantitative estimate of drug-likeness (QED) is 0.548. The van der Waals surface area contributed by atoms with Gasteiger partial charge in [0.25, 0.3) is 5.91 Å². The molecule has 3 aromatic rings. The van der Waals surface area contributed by atoms with E-state index in [9.17, 15) is 9.18 Å². The van der Waals surface area contributed by atoms with Gasteiger partial charge in [0.15, 0.2) is 11.5 Å². The van der Waals surface area contributed by atoms with Gasteiger partial charge in [-0.15, -0.1) is 11.3 Å². The molecule has 1 amide bonds. The number of methoxy groups -OCH3 is 1. The summed E-state index contributed by atoms with van der Waals surface area (Å²) in [5.41, 5.74) is 1.52. The van der Waals surface area contributed by atoms with E-state index >= 15 is 0 Å². The van der Waals surface area contributed by atoms with Crippen LogP contribution in [0.15, 0.2) is 36.4 Å². The fraction of sp³-hybridized carbons (Fsp3) is 0.375. The fourth-order valence-electron chi connectivity index (χ4n) is 3.85. The lowest BCUT2D eigenvalue weighted by molar-refractivity contribution is 0.0925. The van der Waals surface area contributed by atoms with E-state index in [2.05, 4.69) is 19.2 Å². The number of hydrogen-bond donors (Lipinski definition) is 1. The van der Waals surface area contributed by atoms with E-state index in [1.807, 2.05) is 24.3 Å². The molecule has 0 saturated heterocycles. The summed E-state index contributed by atoms with van der Waals surface area (Å²) >= 11 is 1.28.